The molecule has 0 spiro atoms. The van der Waals surface area contributed by atoms with Gasteiger partial charge in [-0.1, -0.05) is 25.5 Å². The number of carbonyl (C=O) groups is 1. The number of ether oxygens (including phenoxy) is 1. The van der Waals surface area contributed by atoms with E-state index < -0.39 is 0 Å². The minimum absolute atomic E-state index is 0.253. The molecule has 2 nitrogen and oxygen atoms in total. The van der Waals surface area contributed by atoms with Crippen molar-refractivity contribution in [2.75, 3.05) is 0 Å². The summed E-state index contributed by atoms with van der Waals surface area (Å²) >= 11 is 0. The topological polar surface area (TPSA) is 26.3 Å². The van der Waals surface area contributed by atoms with Crippen molar-refractivity contribution in [2.24, 2.45) is 17.8 Å². The summed E-state index contributed by atoms with van der Waals surface area (Å²) in [7, 11) is 0. The Labute approximate surface area is 105 Å². The molecule has 0 saturated heterocycles. The molecule has 0 amide bonds. The van der Waals surface area contributed by atoms with Crippen LogP contribution in [0.3, 0.4) is 0 Å². The van der Waals surface area contributed by atoms with Gasteiger partial charge >= 0.3 is 5.97 Å². The maximum absolute atomic E-state index is 10.6. The molecule has 1 rings (SSSR count). The average Bonchev–Trinajstić information content (AvgIpc) is 2.25. The van der Waals surface area contributed by atoms with Crippen molar-refractivity contribution in [3.05, 3.63) is 24.0 Å². The molecule has 2 heteroatoms. The van der Waals surface area contributed by atoms with Crippen LogP contribution in [0.25, 0.3) is 0 Å². The number of esters is 1. The van der Waals surface area contributed by atoms with Crippen LogP contribution in [-0.2, 0) is 9.53 Å². The molecule has 0 aromatic heterocycles. The second-order valence-corrected chi connectivity index (χ2v) is 5.34. The van der Waals surface area contributed by atoms with Crippen molar-refractivity contribution in [1.29, 1.82) is 0 Å². The summed E-state index contributed by atoms with van der Waals surface area (Å²) in [5, 5.41) is 0. The lowest BCUT2D eigenvalue weighted by Gasteiger charge is -2.30. The molecule has 17 heavy (non-hydrogen) atoms. The first kappa shape index (κ1) is 14.0. The maximum atomic E-state index is 10.6. The van der Waals surface area contributed by atoms with Gasteiger partial charge in [0.05, 0.1) is 6.26 Å². The van der Waals surface area contributed by atoms with E-state index >= 15 is 0 Å². The molecule has 0 bridgehead atoms. The minimum Gasteiger partial charge on any atom is -0.435 e. The van der Waals surface area contributed by atoms with Gasteiger partial charge in [-0.2, -0.15) is 0 Å². The Balaban J connectivity index is 2.46. The van der Waals surface area contributed by atoms with Crippen LogP contribution in [0.5, 0.6) is 0 Å². The number of rotatable bonds is 4. The molecule has 0 radical (unpaired) electrons. The van der Waals surface area contributed by atoms with Crippen LogP contribution in [-0.4, -0.2) is 5.97 Å². The highest BCUT2D eigenvalue weighted by Gasteiger charge is 2.23. The highest BCUT2D eigenvalue weighted by atomic mass is 16.5. The highest BCUT2D eigenvalue weighted by Crippen LogP contribution is 2.35. The molecule has 0 aliphatic heterocycles. The second-order valence-electron chi connectivity index (χ2n) is 5.34. The molecule has 0 fully saturated rings. The Morgan fingerprint density at radius 3 is 2.88 bits per heavy atom. The summed E-state index contributed by atoms with van der Waals surface area (Å²) in [6.07, 6.45) is 9.30. The molecule has 0 aromatic rings. The highest BCUT2D eigenvalue weighted by molar-refractivity contribution is 5.66. The average molecular weight is 236 g/mol. The molecule has 0 unspecified atom stereocenters. The smallest absolute Gasteiger partial charge is 0.307 e. The Hall–Kier alpha value is -1.05. The summed E-state index contributed by atoms with van der Waals surface area (Å²) in [5.41, 5.74) is 1.48. The van der Waals surface area contributed by atoms with Crippen molar-refractivity contribution in [2.45, 2.75) is 47.0 Å². The first-order valence-corrected chi connectivity index (χ1v) is 6.49. The van der Waals surface area contributed by atoms with E-state index in [1.165, 1.54) is 31.6 Å². The van der Waals surface area contributed by atoms with Crippen LogP contribution in [0, 0.1) is 17.8 Å². The molecule has 2 atom stereocenters. The van der Waals surface area contributed by atoms with Crippen molar-refractivity contribution in [1.82, 2.24) is 0 Å². The van der Waals surface area contributed by atoms with Crippen molar-refractivity contribution >= 4 is 5.97 Å². The van der Waals surface area contributed by atoms with E-state index in [-0.39, 0.29) is 5.97 Å². The van der Waals surface area contributed by atoms with Gasteiger partial charge in [0.25, 0.3) is 0 Å². The summed E-state index contributed by atoms with van der Waals surface area (Å²) in [6.45, 7) is 8.22. The fraction of sp³-hybridized carbons (Fsp3) is 0.667. The molecule has 1 aliphatic rings. The predicted octanol–water partition coefficient (Wildman–Crippen LogP) is 4.08. The zero-order valence-corrected chi connectivity index (χ0v) is 11.4. The van der Waals surface area contributed by atoms with E-state index in [1.807, 2.05) is 6.08 Å². The van der Waals surface area contributed by atoms with Gasteiger partial charge in [0, 0.05) is 6.92 Å². The van der Waals surface area contributed by atoms with E-state index in [1.54, 1.807) is 0 Å². The van der Waals surface area contributed by atoms with Gasteiger partial charge in [0.15, 0.2) is 0 Å². The summed E-state index contributed by atoms with van der Waals surface area (Å²) in [6, 6.07) is 0. The van der Waals surface area contributed by atoms with E-state index in [0.29, 0.717) is 5.92 Å². The van der Waals surface area contributed by atoms with Gasteiger partial charge in [-0.25, -0.2) is 0 Å². The van der Waals surface area contributed by atoms with Crippen LogP contribution in [0.1, 0.15) is 47.0 Å². The molecular formula is C15H24O2. The molecule has 0 N–H and O–H groups in total. The zero-order chi connectivity index (χ0) is 12.8. The lowest BCUT2D eigenvalue weighted by molar-refractivity contribution is -0.135. The molecule has 0 saturated carbocycles. The number of hydrogen-bond acceptors (Lipinski definition) is 2. The van der Waals surface area contributed by atoms with Crippen LogP contribution in [0.2, 0.25) is 0 Å². The van der Waals surface area contributed by atoms with Gasteiger partial charge in [-0.15, -0.1) is 0 Å². The van der Waals surface area contributed by atoms with E-state index in [4.69, 9.17) is 4.74 Å². The molecular weight excluding hydrogens is 212 g/mol. The van der Waals surface area contributed by atoms with Gasteiger partial charge < -0.3 is 4.74 Å². The SMILES string of the molecule is CC(=O)OC=CC[C@@H]1C[C@@H](C(C)C)CC=C1C. The third kappa shape index (κ3) is 4.76. The Bertz CT molecular complexity index is 313. The lowest BCUT2D eigenvalue weighted by Crippen LogP contribution is -2.18. The quantitative estimate of drug-likeness (QED) is 0.417. The second kappa shape index (κ2) is 6.63. The third-order valence-electron chi connectivity index (χ3n) is 3.67. The van der Waals surface area contributed by atoms with Crippen LogP contribution >= 0.6 is 0 Å². The summed E-state index contributed by atoms with van der Waals surface area (Å²) in [4.78, 5) is 10.6. The van der Waals surface area contributed by atoms with Crippen molar-refractivity contribution in [3.63, 3.8) is 0 Å². The molecule has 1 aliphatic carbocycles. The first-order valence-electron chi connectivity index (χ1n) is 6.49. The normalized spacial score (nSPS) is 25.1. The largest absolute Gasteiger partial charge is 0.435 e. The van der Waals surface area contributed by atoms with Crippen molar-refractivity contribution in [3.8, 4) is 0 Å². The number of allylic oxidation sites excluding steroid dienone is 3. The minimum atomic E-state index is -0.253. The summed E-state index contributed by atoms with van der Waals surface area (Å²) < 4.78 is 4.80. The lowest BCUT2D eigenvalue weighted by atomic mass is 9.75. The fourth-order valence-corrected chi connectivity index (χ4v) is 2.34. The van der Waals surface area contributed by atoms with E-state index in [0.717, 1.165) is 18.3 Å². The standard InChI is InChI=1S/C15H24O2/c1-11(2)14-8-7-12(3)15(10-14)6-5-9-17-13(4)16/h5,7,9,11,14-15H,6,8,10H2,1-4H3/t14-,15+/m0/s1. The van der Waals surface area contributed by atoms with Crippen LogP contribution in [0.4, 0.5) is 0 Å². The monoisotopic (exact) mass is 236 g/mol. The van der Waals surface area contributed by atoms with Gasteiger partial charge in [-0.3, -0.25) is 4.79 Å². The maximum Gasteiger partial charge on any atom is 0.307 e. The number of hydrogen-bond donors (Lipinski definition) is 0. The Morgan fingerprint density at radius 2 is 2.29 bits per heavy atom. The van der Waals surface area contributed by atoms with Crippen molar-refractivity contribution < 1.29 is 9.53 Å². The van der Waals surface area contributed by atoms with Gasteiger partial charge in [-0.05, 0) is 50.0 Å². The third-order valence-corrected chi connectivity index (χ3v) is 3.67. The fourth-order valence-electron chi connectivity index (χ4n) is 2.34. The van der Waals surface area contributed by atoms with E-state index in [9.17, 15) is 4.79 Å². The molecule has 96 valence electrons. The predicted molar refractivity (Wildman–Crippen MR) is 70.3 cm³/mol. The van der Waals surface area contributed by atoms with Gasteiger partial charge in [0.1, 0.15) is 0 Å². The Morgan fingerprint density at radius 1 is 1.59 bits per heavy atom. The molecule has 0 aromatic carbocycles. The zero-order valence-electron chi connectivity index (χ0n) is 11.4. The summed E-state index contributed by atoms with van der Waals surface area (Å²) in [5.74, 6) is 1.91. The Kier molecular flexibility index (Phi) is 5.46. The van der Waals surface area contributed by atoms with Gasteiger partial charge in [0.2, 0.25) is 0 Å². The van der Waals surface area contributed by atoms with Crippen LogP contribution < -0.4 is 0 Å². The first-order chi connectivity index (χ1) is 8.00. The molecule has 0 heterocycles. The number of carbonyl (C=O) groups excluding carboxylic acids is 1. The van der Waals surface area contributed by atoms with Crippen LogP contribution in [0.15, 0.2) is 24.0 Å². The van der Waals surface area contributed by atoms with E-state index in [2.05, 4.69) is 26.8 Å².